The molecule has 4 aromatic rings. The van der Waals surface area contributed by atoms with Crippen molar-refractivity contribution in [2.24, 2.45) is 5.10 Å². The molecule has 0 aliphatic carbocycles. The molecule has 0 radical (unpaired) electrons. The van der Waals surface area contributed by atoms with Crippen molar-refractivity contribution in [2.75, 3.05) is 19.0 Å². The van der Waals surface area contributed by atoms with Crippen molar-refractivity contribution >= 4 is 34.7 Å². The summed E-state index contributed by atoms with van der Waals surface area (Å²) in [4.78, 5) is 28.7. The van der Waals surface area contributed by atoms with Crippen molar-refractivity contribution in [1.82, 2.24) is 15.0 Å². The summed E-state index contributed by atoms with van der Waals surface area (Å²) in [5.41, 5.74) is 6.71. The molecule has 2 amide bonds. The number of fused-ring (bicyclic) bond motifs is 1. The lowest BCUT2D eigenvalue weighted by Crippen LogP contribution is -2.22. The third-order valence-electron chi connectivity index (χ3n) is 5.13. The van der Waals surface area contributed by atoms with Gasteiger partial charge in [-0.2, -0.15) is 5.10 Å². The van der Waals surface area contributed by atoms with Crippen LogP contribution in [0.1, 0.15) is 11.1 Å². The van der Waals surface area contributed by atoms with Crippen LogP contribution >= 0.6 is 0 Å². The van der Waals surface area contributed by atoms with Crippen LogP contribution in [0.2, 0.25) is 0 Å². The van der Waals surface area contributed by atoms with Crippen LogP contribution in [-0.2, 0) is 16.1 Å². The second kappa shape index (κ2) is 11.0. The molecule has 0 saturated carbocycles. The highest BCUT2D eigenvalue weighted by Crippen LogP contribution is 2.27. The van der Waals surface area contributed by atoms with E-state index in [9.17, 15) is 9.59 Å². The van der Waals surface area contributed by atoms with E-state index in [1.54, 1.807) is 29.1 Å². The molecule has 178 valence electrons. The zero-order valence-electron chi connectivity index (χ0n) is 19.4. The van der Waals surface area contributed by atoms with E-state index >= 15 is 0 Å². The van der Waals surface area contributed by atoms with Gasteiger partial charge in [0.25, 0.3) is 11.8 Å². The second-order valence-electron chi connectivity index (χ2n) is 7.77. The second-order valence-corrected chi connectivity index (χ2v) is 7.77. The van der Waals surface area contributed by atoms with Crippen LogP contribution in [-0.4, -0.2) is 41.3 Å². The maximum atomic E-state index is 12.3. The van der Waals surface area contributed by atoms with Crippen LogP contribution in [0.5, 0.6) is 11.5 Å². The number of hydrogen-bond donors (Lipinski definition) is 2. The van der Waals surface area contributed by atoms with Gasteiger partial charge in [0.05, 0.1) is 30.7 Å². The molecule has 9 nitrogen and oxygen atoms in total. The summed E-state index contributed by atoms with van der Waals surface area (Å²) in [5.74, 6) is 0.291. The van der Waals surface area contributed by atoms with E-state index in [1.165, 1.54) is 13.3 Å². The fraction of sp³-hybridized carbons (Fsp3) is 0.154. The zero-order chi connectivity index (χ0) is 24.6. The summed E-state index contributed by atoms with van der Waals surface area (Å²) < 4.78 is 12.7. The average Bonchev–Trinajstić information content (AvgIpc) is 3.27. The molecule has 0 saturated heterocycles. The number of imidazole rings is 1. The lowest BCUT2D eigenvalue weighted by molar-refractivity contribution is -0.121. The number of carbonyl (C=O) groups is 2. The predicted molar refractivity (Wildman–Crippen MR) is 134 cm³/mol. The number of amides is 2. The highest BCUT2D eigenvalue weighted by atomic mass is 16.5. The number of aryl methyl sites for hydroxylation is 1. The minimum absolute atomic E-state index is 0.0958. The first-order chi connectivity index (χ1) is 17.0. The van der Waals surface area contributed by atoms with Gasteiger partial charge in [-0.15, -0.1) is 0 Å². The van der Waals surface area contributed by atoms with Crippen LogP contribution in [0.25, 0.3) is 11.0 Å². The third kappa shape index (κ3) is 6.23. The Labute approximate surface area is 202 Å². The van der Waals surface area contributed by atoms with Crippen molar-refractivity contribution in [2.45, 2.75) is 13.5 Å². The number of anilines is 1. The SMILES string of the molecule is COc1cc(/C=N\NC(=O)Cn2cnc3ccccc32)ccc1OCC(=O)Nc1ccc(C)cc1. The van der Waals surface area contributed by atoms with E-state index in [0.717, 1.165) is 16.6 Å². The monoisotopic (exact) mass is 471 g/mol. The van der Waals surface area contributed by atoms with Crippen LogP contribution in [0, 0.1) is 6.92 Å². The Morgan fingerprint density at radius 2 is 1.83 bits per heavy atom. The van der Waals surface area contributed by atoms with E-state index in [2.05, 4.69) is 20.8 Å². The highest BCUT2D eigenvalue weighted by molar-refractivity contribution is 5.92. The topological polar surface area (TPSA) is 107 Å². The number of benzene rings is 3. The van der Waals surface area contributed by atoms with E-state index in [4.69, 9.17) is 9.47 Å². The van der Waals surface area contributed by atoms with E-state index < -0.39 is 0 Å². The van der Waals surface area contributed by atoms with Crippen molar-refractivity contribution in [3.8, 4) is 11.5 Å². The number of ether oxygens (including phenoxy) is 2. The quantitative estimate of drug-likeness (QED) is 0.287. The summed E-state index contributed by atoms with van der Waals surface area (Å²) >= 11 is 0. The largest absolute Gasteiger partial charge is 0.493 e. The first-order valence-electron chi connectivity index (χ1n) is 10.9. The Hall–Kier alpha value is -4.66. The number of nitrogens with zero attached hydrogens (tertiary/aromatic N) is 3. The van der Waals surface area contributed by atoms with E-state index in [1.807, 2.05) is 55.5 Å². The molecular formula is C26H25N5O4. The molecule has 9 heteroatoms. The fourth-order valence-corrected chi connectivity index (χ4v) is 3.37. The molecule has 3 aromatic carbocycles. The van der Waals surface area contributed by atoms with Gasteiger partial charge in [0, 0.05) is 5.69 Å². The fourth-order valence-electron chi connectivity index (χ4n) is 3.37. The van der Waals surface area contributed by atoms with Gasteiger partial charge >= 0.3 is 0 Å². The summed E-state index contributed by atoms with van der Waals surface area (Å²) in [6.45, 7) is 1.90. The minimum Gasteiger partial charge on any atom is -0.493 e. The van der Waals surface area contributed by atoms with Gasteiger partial charge in [-0.25, -0.2) is 10.4 Å². The van der Waals surface area contributed by atoms with Gasteiger partial charge in [0.1, 0.15) is 6.54 Å². The minimum atomic E-state index is -0.282. The van der Waals surface area contributed by atoms with Gasteiger partial charge in [-0.3, -0.25) is 9.59 Å². The van der Waals surface area contributed by atoms with Crippen LogP contribution in [0.3, 0.4) is 0 Å². The molecule has 0 aliphatic rings. The molecule has 1 heterocycles. The molecule has 0 spiro atoms. The van der Waals surface area contributed by atoms with Crippen molar-refractivity contribution in [1.29, 1.82) is 0 Å². The van der Waals surface area contributed by atoms with Gasteiger partial charge in [0.15, 0.2) is 18.1 Å². The average molecular weight is 472 g/mol. The lowest BCUT2D eigenvalue weighted by atomic mass is 10.2. The smallest absolute Gasteiger partial charge is 0.262 e. The molecular weight excluding hydrogens is 446 g/mol. The standard InChI is InChI=1S/C26H25N5O4/c1-18-7-10-20(11-8-18)29-26(33)16-35-23-12-9-19(13-24(23)34-2)14-28-30-25(32)15-31-17-27-21-5-3-4-6-22(21)31/h3-14,17H,15-16H2,1-2H3,(H,29,33)(H,30,32)/b28-14-. The number of hydrogen-bond acceptors (Lipinski definition) is 6. The summed E-state index contributed by atoms with van der Waals surface area (Å²) in [6, 6.07) is 20.2. The molecule has 0 atom stereocenters. The zero-order valence-corrected chi connectivity index (χ0v) is 19.4. The van der Waals surface area contributed by atoms with Crippen LogP contribution < -0.4 is 20.2 Å². The molecule has 1 aromatic heterocycles. The molecule has 0 aliphatic heterocycles. The molecule has 0 bridgehead atoms. The third-order valence-corrected chi connectivity index (χ3v) is 5.13. The number of rotatable bonds is 9. The Morgan fingerprint density at radius 3 is 2.63 bits per heavy atom. The van der Waals surface area contributed by atoms with Crippen molar-refractivity contribution in [3.63, 3.8) is 0 Å². The van der Waals surface area contributed by atoms with Gasteiger partial charge in [-0.1, -0.05) is 29.8 Å². The normalized spacial score (nSPS) is 10.9. The lowest BCUT2D eigenvalue weighted by Gasteiger charge is -2.11. The predicted octanol–water partition coefficient (Wildman–Crippen LogP) is 3.52. The number of nitrogens with one attached hydrogen (secondary N) is 2. The number of methoxy groups -OCH3 is 1. The van der Waals surface area contributed by atoms with Gasteiger partial charge in [-0.05, 0) is 55.0 Å². The van der Waals surface area contributed by atoms with Gasteiger partial charge in [0.2, 0.25) is 0 Å². The number of hydrazone groups is 1. The maximum absolute atomic E-state index is 12.3. The van der Waals surface area contributed by atoms with Crippen molar-refractivity contribution in [3.05, 3.63) is 84.2 Å². The van der Waals surface area contributed by atoms with Crippen molar-refractivity contribution < 1.29 is 19.1 Å². The number of carbonyl (C=O) groups excluding carboxylic acids is 2. The molecule has 35 heavy (non-hydrogen) atoms. The Kier molecular flexibility index (Phi) is 7.37. The summed E-state index contributed by atoms with van der Waals surface area (Å²) in [6.07, 6.45) is 3.12. The number of para-hydroxylation sites is 2. The number of aromatic nitrogens is 2. The van der Waals surface area contributed by atoms with Crippen LogP contribution in [0.4, 0.5) is 5.69 Å². The van der Waals surface area contributed by atoms with Gasteiger partial charge < -0.3 is 19.4 Å². The maximum Gasteiger partial charge on any atom is 0.262 e. The Bertz CT molecular complexity index is 1360. The van der Waals surface area contributed by atoms with E-state index in [0.29, 0.717) is 22.7 Å². The Morgan fingerprint density at radius 1 is 1.03 bits per heavy atom. The summed E-state index contributed by atoms with van der Waals surface area (Å²) in [7, 11) is 1.51. The highest BCUT2D eigenvalue weighted by Gasteiger charge is 2.09. The van der Waals surface area contributed by atoms with E-state index in [-0.39, 0.29) is 25.0 Å². The molecule has 2 N–H and O–H groups in total. The first kappa shape index (κ1) is 23.5. The molecule has 0 fully saturated rings. The molecule has 4 rings (SSSR count). The first-order valence-corrected chi connectivity index (χ1v) is 10.9. The summed E-state index contributed by atoms with van der Waals surface area (Å²) in [5, 5.41) is 6.80. The van der Waals surface area contributed by atoms with Crippen LogP contribution in [0.15, 0.2) is 78.2 Å². The molecule has 0 unspecified atom stereocenters. The Balaban J connectivity index is 1.30.